The third kappa shape index (κ3) is 4.01. The fourth-order valence-electron chi connectivity index (χ4n) is 2.68. The molecule has 7 nitrogen and oxygen atoms in total. The van der Waals surface area contributed by atoms with Crippen molar-refractivity contribution in [3.05, 3.63) is 58.1 Å². The molecule has 1 saturated heterocycles. The highest BCUT2D eigenvalue weighted by Gasteiger charge is 2.51. The first-order chi connectivity index (χ1) is 12.6. The number of non-ortho nitro benzene ring substituents is 1. The maximum absolute atomic E-state index is 10.9. The van der Waals surface area contributed by atoms with Gasteiger partial charge in [0.1, 0.15) is 5.75 Å². The number of nitro benzene ring substituents is 1. The van der Waals surface area contributed by atoms with Gasteiger partial charge in [-0.2, -0.15) is 0 Å². The van der Waals surface area contributed by atoms with E-state index in [2.05, 4.69) is 4.99 Å². The molecule has 27 heavy (non-hydrogen) atoms. The van der Waals surface area contributed by atoms with Gasteiger partial charge >= 0.3 is 7.12 Å². The van der Waals surface area contributed by atoms with Gasteiger partial charge in [0.25, 0.3) is 5.69 Å². The summed E-state index contributed by atoms with van der Waals surface area (Å²) in [6, 6.07) is 11.3. The van der Waals surface area contributed by atoms with E-state index < -0.39 is 23.2 Å². The van der Waals surface area contributed by atoms with Gasteiger partial charge in [-0.1, -0.05) is 12.1 Å². The highest BCUT2D eigenvalue weighted by atomic mass is 16.7. The van der Waals surface area contributed by atoms with E-state index in [9.17, 15) is 15.2 Å². The molecule has 0 bridgehead atoms. The Kier molecular flexibility index (Phi) is 4.80. The topological polar surface area (TPSA) is 94.2 Å². The number of rotatable bonds is 4. The summed E-state index contributed by atoms with van der Waals surface area (Å²) < 4.78 is 12.1. The van der Waals surface area contributed by atoms with E-state index >= 15 is 0 Å². The van der Waals surface area contributed by atoms with Crippen LogP contribution in [0.3, 0.4) is 0 Å². The third-order valence-electron chi connectivity index (χ3n) is 4.89. The summed E-state index contributed by atoms with van der Waals surface area (Å²) in [6.07, 6.45) is 1.47. The van der Waals surface area contributed by atoms with Crippen molar-refractivity contribution in [2.24, 2.45) is 4.99 Å². The van der Waals surface area contributed by atoms with E-state index in [4.69, 9.17) is 9.31 Å². The van der Waals surface area contributed by atoms with Crippen LogP contribution in [0.2, 0.25) is 0 Å². The quantitative estimate of drug-likeness (QED) is 0.387. The van der Waals surface area contributed by atoms with Gasteiger partial charge in [0.05, 0.1) is 27.9 Å². The van der Waals surface area contributed by atoms with Gasteiger partial charge in [0.2, 0.25) is 0 Å². The van der Waals surface area contributed by atoms with Crippen LogP contribution in [-0.2, 0) is 9.31 Å². The Balaban J connectivity index is 1.83. The van der Waals surface area contributed by atoms with Gasteiger partial charge in [0, 0.05) is 17.8 Å². The van der Waals surface area contributed by atoms with Gasteiger partial charge < -0.3 is 14.4 Å². The Morgan fingerprint density at radius 3 is 2.41 bits per heavy atom. The molecular formula is C19H21BN2O5. The lowest BCUT2D eigenvalue weighted by Crippen LogP contribution is -2.41. The van der Waals surface area contributed by atoms with E-state index in [0.717, 1.165) is 11.5 Å². The lowest BCUT2D eigenvalue weighted by molar-refractivity contribution is -0.384. The fraction of sp³-hybridized carbons (Fsp3) is 0.316. The van der Waals surface area contributed by atoms with Crippen molar-refractivity contribution in [1.29, 1.82) is 0 Å². The summed E-state index contributed by atoms with van der Waals surface area (Å²) in [4.78, 5) is 14.7. The summed E-state index contributed by atoms with van der Waals surface area (Å²) in [7, 11) is -0.494. The van der Waals surface area contributed by atoms with Crippen LogP contribution in [-0.4, -0.2) is 34.6 Å². The van der Waals surface area contributed by atoms with Crippen molar-refractivity contribution in [3.63, 3.8) is 0 Å². The highest BCUT2D eigenvalue weighted by Crippen LogP contribution is 2.36. The zero-order valence-corrected chi connectivity index (χ0v) is 15.7. The lowest BCUT2D eigenvalue weighted by Gasteiger charge is -2.32. The molecule has 8 heteroatoms. The van der Waals surface area contributed by atoms with E-state index in [1.807, 2.05) is 52.0 Å². The minimum absolute atomic E-state index is 0.184. The molecule has 0 aliphatic carbocycles. The fourth-order valence-corrected chi connectivity index (χ4v) is 2.68. The molecule has 3 rings (SSSR count). The zero-order chi connectivity index (χ0) is 19.8. The molecule has 1 heterocycles. The zero-order valence-electron chi connectivity index (χ0n) is 15.7. The number of phenols is 1. The summed E-state index contributed by atoms with van der Waals surface area (Å²) in [5.41, 5.74) is 0.859. The van der Waals surface area contributed by atoms with Crippen LogP contribution in [0.15, 0.2) is 47.5 Å². The molecule has 0 spiro atoms. The van der Waals surface area contributed by atoms with Gasteiger partial charge in [-0.15, -0.1) is 0 Å². The Morgan fingerprint density at radius 1 is 1.11 bits per heavy atom. The van der Waals surface area contributed by atoms with Crippen molar-refractivity contribution in [3.8, 4) is 5.75 Å². The van der Waals surface area contributed by atoms with Gasteiger partial charge in [-0.05, 0) is 51.4 Å². The lowest BCUT2D eigenvalue weighted by atomic mass is 9.79. The molecule has 2 aromatic rings. The minimum atomic E-state index is -0.560. The van der Waals surface area contributed by atoms with Crippen molar-refractivity contribution in [2.45, 2.75) is 38.9 Å². The first kappa shape index (κ1) is 19.1. The number of hydrogen-bond acceptors (Lipinski definition) is 6. The molecule has 0 radical (unpaired) electrons. The number of nitro groups is 1. The van der Waals surface area contributed by atoms with E-state index in [1.54, 1.807) is 0 Å². The van der Waals surface area contributed by atoms with Crippen molar-refractivity contribution in [2.75, 3.05) is 0 Å². The molecule has 0 saturated carbocycles. The molecule has 2 aromatic carbocycles. The Labute approximate surface area is 157 Å². The molecule has 0 atom stereocenters. The Hall–Kier alpha value is -2.71. The molecule has 0 unspecified atom stereocenters. The predicted molar refractivity (Wildman–Crippen MR) is 104 cm³/mol. The summed E-state index contributed by atoms with van der Waals surface area (Å²) >= 11 is 0. The molecule has 1 N–H and O–H groups in total. The second kappa shape index (κ2) is 6.79. The molecule has 0 amide bonds. The van der Waals surface area contributed by atoms with Crippen LogP contribution in [0.25, 0.3) is 0 Å². The second-order valence-electron chi connectivity index (χ2n) is 7.48. The second-order valence-corrected chi connectivity index (χ2v) is 7.48. The molecular weight excluding hydrogens is 347 g/mol. The van der Waals surface area contributed by atoms with Crippen molar-refractivity contribution in [1.82, 2.24) is 0 Å². The van der Waals surface area contributed by atoms with Crippen LogP contribution < -0.4 is 5.46 Å². The number of aromatic hydroxyl groups is 1. The number of aliphatic imine (C=N–C) groups is 1. The summed E-state index contributed by atoms with van der Waals surface area (Å²) in [5, 5.41) is 20.5. The van der Waals surface area contributed by atoms with E-state index in [1.165, 1.54) is 18.3 Å². The first-order valence-corrected chi connectivity index (χ1v) is 8.55. The van der Waals surface area contributed by atoms with Gasteiger partial charge in [-0.3, -0.25) is 15.1 Å². The van der Waals surface area contributed by atoms with Gasteiger partial charge in [-0.25, -0.2) is 0 Å². The largest absolute Gasteiger partial charge is 0.508 e. The average Bonchev–Trinajstić information content (AvgIpc) is 2.80. The van der Waals surface area contributed by atoms with E-state index in [-0.39, 0.29) is 11.4 Å². The maximum atomic E-state index is 10.9. The molecule has 1 fully saturated rings. The van der Waals surface area contributed by atoms with Crippen LogP contribution in [0, 0.1) is 10.1 Å². The number of nitrogens with zero attached hydrogens (tertiary/aromatic N) is 2. The van der Waals surface area contributed by atoms with Crippen LogP contribution in [0.5, 0.6) is 5.75 Å². The maximum Gasteiger partial charge on any atom is 0.494 e. The average molecular weight is 368 g/mol. The van der Waals surface area contributed by atoms with Crippen LogP contribution in [0.4, 0.5) is 11.4 Å². The van der Waals surface area contributed by atoms with Crippen LogP contribution in [0.1, 0.15) is 33.3 Å². The normalized spacial score (nSPS) is 18.1. The summed E-state index contributed by atoms with van der Waals surface area (Å²) in [6.45, 7) is 7.96. The van der Waals surface area contributed by atoms with Crippen molar-refractivity contribution < 1.29 is 19.3 Å². The standard InChI is InChI=1S/C19H21BN2O5/c1-18(2)19(3,4)27-20(26-18)14-6-5-7-15(10-14)21-12-13-8-16(22(24)25)11-17(23)9-13/h5-12,23H,1-4H3. The minimum Gasteiger partial charge on any atom is -0.508 e. The Morgan fingerprint density at radius 2 is 1.78 bits per heavy atom. The van der Waals surface area contributed by atoms with E-state index in [0.29, 0.717) is 11.3 Å². The SMILES string of the molecule is CC1(C)OB(c2cccc(N=Cc3cc(O)cc([N+](=O)[O-])c3)c2)OC1(C)C. The molecule has 1 aliphatic heterocycles. The number of phenolic OH excluding ortho intramolecular Hbond substituents is 1. The first-order valence-electron chi connectivity index (χ1n) is 8.55. The predicted octanol–water partition coefficient (Wildman–Crippen LogP) is 3.35. The number of hydrogen-bond donors (Lipinski definition) is 1. The van der Waals surface area contributed by atoms with Crippen LogP contribution >= 0.6 is 0 Å². The Bertz CT molecular complexity index is 895. The molecule has 140 valence electrons. The third-order valence-corrected chi connectivity index (χ3v) is 4.89. The molecule has 0 aromatic heterocycles. The summed E-state index contributed by atoms with van der Waals surface area (Å²) in [5.74, 6) is -0.184. The highest BCUT2D eigenvalue weighted by molar-refractivity contribution is 6.62. The molecule has 1 aliphatic rings. The van der Waals surface area contributed by atoms with Crippen molar-refractivity contribution >= 4 is 30.2 Å². The smallest absolute Gasteiger partial charge is 0.494 e. The van der Waals surface area contributed by atoms with Gasteiger partial charge in [0.15, 0.2) is 0 Å². The monoisotopic (exact) mass is 368 g/mol. The number of benzene rings is 2.